The van der Waals surface area contributed by atoms with Crippen LogP contribution in [0.2, 0.25) is 0 Å². The van der Waals surface area contributed by atoms with Gasteiger partial charge in [-0.3, -0.25) is 0 Å². The molecule has 4 heteroatoms. The maximum absolute atomic E-state index is 5.83. The molecule has 0 unspecified atom stereocenters. The summed E-state index contributed by atoms with van der Waals surface area (Å²) < 4.78 is 0. The first-order chi connectivity index (χ1) is 8.58. The summed E-state index contributed by atoms with van der Waals surface area (Å²) in [5.74, 6) is 1.33. The number of nitrogens with two attached hydrogens (primary N) is 1. The van der Waals surface area contributed by atoms with Crippen molar-refractivity contribution < 1.29 is 0 Å². The van der Waals surface area contributed by atoms with E-state index in [1.165, 1.54) is 12.8 Å². The van der Waals surface area contributed by atoms with Crippen molar-refractivity contribution in [2.75, 3.05) is 17.2 Å². The third-order valence-electron chi connectivity index (χ3n) is 3.76. The van der Waals surface area contributed by atoms with Crippen LogP contribution in [0.5, 0.6) is 0 Å². The minimum absolute atomic E-state index is 0.142. The van der Waals surface area contributed by atoms with Crippen molar-refractivity contribution in [3.05, 3.63) is 24.3 Å². The average molecular weight is 242 g/mol. The number of rotatable bonds is 1. The molecule has 0 amide bonds. The second-order valence-electron chi connectivity index (χ2n) is 5.49. The van der Waals surface area contributed by atoms with E-state index in [0.29, 0.717) is 5.95 Å². The summed E-state index contributed by atoms with van der Waals surface area (Å²) in [6, 6.07) is 8.06. The largest absolute Gasteiger partial charge is 0.368 e. The topological polar surface area (TPSA) is 55.0 Å². The van der Waals surface area contributed by atoms with Crippen molar-refractivity contribution in [3.63, 3.8) is 0 Å². The Morgan fingerprint density at radius 1 is 1.22 bits per heavy atom. The van der Waals surface area contributed by atoms with Gasteiger partial charge in [-0.2, -0.15) is 4.98 Å². The molecule has 1 saturated heterocycles. The van der Waals surface area contributed by atoms with Crippen molar-refractivity contribution in [2.24, 2.45) is 0 Å². The molecule has 3 rings (SSSR count). The van der Waals surface area contributed by atoms with Gasteiger partial charge in [0.1, 0.15) is 5.82 Å². The fraction of sp³-hybridized carbons (Fsp3) is 0.429. The lowest BCUT2D eigenvalue weighted by atomic mass is 10.0. The van der Waals surface area contributed by atoms with E-state index in [1.807, 2.05) is 18.2 Å². The average Bonchev–Trinajstić information content (AvgIpc) is 2.67. The molecule has 0 aliphatic carbocycles. The van der Waals surface area contributed by atoms with Gasteiger partial charge >= 0.3 is 0 Å². The zero-order valence-corrected chi connectivity index (χ0v) is 10.8. The van der Waals surface area contributed by atoms with E-state index in [-0.39, 0.29) is 5.54 Å². The van der Waals surface area contributed by atoms with E-state index in [1.54, 1.807) is 0 Å². The monoisotopic (exact) mass is 242 g/mol. The Labute approximate surface area is 107 Å². The number of hydrogen-bond donors (Lipinski definition) is 1. The van der Waals surface area contributed by atoms with Gasteiger partial charge in [0.15, 0.2) is 0 Å². The SMILES string of the molecule is CC1(C)CCCN1c1nc(N)nc2ccccc12. The summed E-state index contributed by atoms with van der Waals surface area (Å²) in [6.07, 6.45) is 2.39. The molecule has 4 nitrogen and oxygen atoms in total. The van der Waals surface area contributed by atoms with Crippen LogP contribution in [0, 0.1) is 0 Å². The molecule has 0 spiro atoms. The molecule has 2 heterocycles. The normalized spacial score (nSPS) is 18.4. The van der Waals surface area contributed by atoms with Gasteiger partial charge in [-0.05, 0) is 38.8 Å². The van der Waals surface area contributed by atoms with Gasteiger partial charge in [0.05, 0.1) is 5.52 Å². The van der Waals surface area contributed by atoms with Crippen LogP contribution in [0.4, 0.5) is 11.8 Å². The summed E-state index contributed by atoms with van der Waals surface area (Å²) in [5, 5.41) is 1.08. The molecule has 94 valence electrons. The molecule has 1 aliphatic rings. The fourth-order valence-electron chi connectivity index (χ4n) is 2.78. The van der Waals surface area contributed by atoms with Crippen LogP contribution in [-0.4, -0.2) is 22.1 Å². The highest BCUT2D eigenvalue weighted by molar-refractivity contribution is 5.90. The Hall–Kier alpha value is -1.84. The third kappa shape index (κ3) is 1.68. The van der Waals surface area contributed by atoms with Crippen LogP contribution in [0.1, 0.15) is 26.7 Å². The van der Waals surface area contributed by atoms with Crippen LogP contribution in [0.3, 0.4) is 0 Å². The molecule has 1 aromatic carbocycles. The predicted molar refractivity (Wildman–Crippen MR) is 74.6 cm³/mol. The van der Waals surface area contributed by atoms with Gasteiger partial charge < -0.3 is 10.6 Å². The van der Waals surface area contributed by atoms with Crippen molar-refractivity contribution in [3.8, 4) is 0 Å². The molecule has 18 heavy (non-hydrogen) atoms. The van der Waals surface area contributed by atoms with Crippen LogP contribution >= 0.6 is 0 Å². The van der Waals surface area contributed by atoms with Gasteiger partial charge in [0.25, 0.3) is 0 Å². The third-order valence-corrected chi connectivity index (χ3v) is 3.76. The van der Waals surface area contributed by atoms with Crippen molar-refractivity contribution in [1.29, 1.82) is 0 Å². The summed E-state index contributed by atoms with van der Waals surface area (Å²) in [7, 11) is 0. The number of nitrogens with zero attached hydrogens (tertiary/aromatic N) is 3. The number of fused-ring (bicyclic) bond motifs is 1. The minimum atomic E-state index is 0.142. The van der Waals surface area contributed by atoms with Gasteiger partial charge in [0.2, 0.25) is 5.95 Å². The van der Waals surface area contributed by atoms with Crippen LogP contribution in [0.25, 0.3) is 10.9 Å². The maximum atomic E-state index is 5.83. The van der Waals surface area contributed by atoms with E-state index in [4.69, 9.17) is 5.73 Å². The van der Waals surface area contributed by atoms with E-state index in [0.717, 1.165) is 23.3 Å². The van der Waals surface area contributed by atoms with E-state index in [9.17, 15) is 0 Å². The molecule has 2 N–H and O–H groups in total. The molecule has 0 saturated carbocycles. The lowest BCUT2D eigenvalue weighted by molar-refractivity contribution is 0.515. The quantitative estimate of drug-likeness (QED) is 0.835. The summed E-state index contributed by atoms with van der Waals surface area (Å²) in [5.41, 5.74) is 6.89. The van der Waals surface area contributed by atoms with Crippen molar-refractivity contribution in [2.45, 2.75) is 32.2 Å². The lowest BCUT2D eigenvalue weighted by Crippen LogP contribution is -2.39. The molecule has 0 radical (unpaired) electrons. The van der Waals surface area contributed by atoms with Crippen LogP contribution in [0.15, 0.2) is 24.3 Å². The summed E-state index contributed by atoms with van der Waals surface area (Å²) >= 11 is 0. The number of aromatic nitrogens is 2. The second-order valence-corrected chi connectivity index (χ2v) is 5.49. The highest BCUT2D eigenvalue weighted by Crippen LogP contribution is 2.36. The second kappa shape index (κ2) is 3.83. The zero-order chi connectivity index (χ0) is 12.8. The standard InChI is InChI=1S/C14H18N4/c1-14(2)8-5-9-18(14)12-10-6-3-4-7-11(10)16-13(15)17-12/h3-4,6-7H,5,8-9H2,1-2H3,(H2,15,16,17). The Kier molecular flexibility index (Phi) is 2.40. The molecule has 2 aromatic rings. The highest BCUT2D eigenvalue weighted by atomic mass is 15.3. The predicted octanol–water partition coefficient (Wildman–Crippen LogP) is 2.59. The number of hydrogen-bond acceptors (Lipinski definition) is 4. The molecule has 0 atom stereocenters. The number of para-hydroxylation sites is 1. The van der Waals surface area contributed by atoms with Gasteiger partial charge in [-0.1, -0.05) is 12.1 Å². The summed E-state index contributed by atoms with van der Waals surface area (Å²) in [4.78, 5) is 11.1. The molecular weight excluding hydrogens is 224 g/mol. The van der Waals surface area contributed by atoms with Crippen LogP contribution in [-0.2, 0) is 0 Å². The Bertz CT molecular complexity index is 591. The highest BCUT2D eigenvalue weighted by Gasteiger charge is 2.33. The molecular formula is C14H18N4. The minimum Gasteiger partial charge on any atom is -0.368 e. The Balaban J connectivity index is 2.22. The number of benzene rings is 1. The maximum Gasteiger partial charge on any atom is 0.222 e. The molecule has 1 fully saturated rings. The molecule has 1 aromatic heterocycles. The van der Waals surface area contributed by atoms with Gasteiger partial charge in [-0.15, -0.1) is 0 Å². The van der Waals surface area contributed by atoms with Gasteiger partial charge in [-0.25, -0.2) is 4.98 Å². The summed E-state index contributed by atoms with van der Waals surface area (Å²) in [6.45, 7) is 5.55. The van der Waals surface area contributed by atoms with E-state index in [2.05, 4.69) is 34.8 Å². The first-order valence-electron chi connectivity index (χ1n) is 6.38. The van der Waals surface area contributed by atoms with E-state index < -0.39 is 0 Å². The Morgan fingerprint density at radius 3 is 2.72 bits per heavy atom. The van der Waals surface area contributed by atoms with Crippen LogP contribution < -0.4 is 10.6 Å². The smallest absolute Gasteiger partial charge is 0.222 e. The van der Waals surface area contributed by atoms with Gasteiger partial charge in [0, 0.05) is 17.5 Å². The number of nitrogen functional groups attached to an aromatic ring is 1. The van der Waals surface area contributed by atoms with Crippen molar-refractivity contribution >= 4 is 22.7 Å². The molecule has 0 bridgehead atoms. The first kappa shape index (κ1) is 11.3. The lowest BCUT2D eigenvalue weighted by Gasteiger charge is -2.33. The number of anilines is 2. The van der Waals surface area contributed by atoms with Crippen molar-refractivity contribution in [1.82, 2.24) is 9.97 Å². The molecule has 1 aliphatic heterocycles. The Morgan fingerprint density at radius 2 is 2.00 bits per heavy atom. The fourth-order valence-corrected chi connectivity index (χ4v) is 2.78. The zero-order valence-electron chi connectivity index (χ0n) is 10.8. The van der Waals surface area contributed by atoms with E-state index >= 15 is 0 Å². The first-order valence-corrected chi connectivity index (χ1v) is 6.38.